The summed E-state index contributed by atoms with van der Waals surface area (Å²) < 4.78 is 0. The Hall–Kier alpha value is -1.02. The maximum Gasteiger partial charge on any atom is 0.0406 e. The molecule has 1 nitrogen and oxygen atoms in total. The Bertz CT molecular complexity index is 568. The molecule has 0 bridgehead atoms. The Morgan fingerprint density at radius 3 is 2.19 bits per heavy atom. The second-order valence-corrected chi connectivity index (χ2v) is 6.12. The smallest absolute Gasteiger partial charge is 0.0406 e. The van der Waals surface area contributed by atoms with E-state index in [4.69, 9.17) is 11.6 Å². The van der Waals surface area contributed by atoms with Gasteiger partial charge in [-0.3, -0.25) is 0 Å². The van der Waals surface area contributed by atoms with Gasteiger partial charge in [-0.15, -0.1) is 12.4 Å². The fraction of sp³-hybridized carbons (Fsp3) is 0.333. The van der Waals surface area contributed by atoms with Gasteiger partial charge in [-0.1, -0.05) is 54.1 Å². The van der Waals surface area contributed by atoms with Crippen molar-refractivity contribution in [3.63, 3.8) is 0 Å². The monoisotopic (exact) mass is 321 g/mol. The summed E-state index contributed by atoms with van der Waals surface area (Å²) in [5.41, 5.74) is 2.92. The highest BCUT2D eigenvalue weighted by atomic mass is 35.5. The van der Waals surface area contributed by atoms with Crippen molar-refractivity contribution >= 4 is 24.0 Å². The molecule has 1 aliphatic rings. The average Bonchev–Trinajstić information content (AvgIpc) is 2.94. The van der Waals surface area contributed by atoms with Gasteiger partial charge in [0, 0.05) is 16.5 Å². The minimum absolute atomic E-state index is 0. The van der Waals surface area contributed by atoms with Gasteiger partial charge in [-0.05, 0) is 49.6 Å². The van der Waals surface area contributed by atoms with E-state index >= 15 is 0 Å². The Balaban J connectivity index is 0.00000161. The van der Waals surface area contributed by atoms with Gasteiger partial charge in [0.2, 0.25) is 0 Å². The Morgan fingerprint density at radius 2 is 1.62 bits per heavy atom. The molecule has 112 valence electrons. The van der Waals surface area contributed by atoms with Crippen molar-refractivity contribution in [3.05, 3.63) is 70.7 Å². The Labute approximate surface area is 138 Å². The minimum Gasteiger partial charge on any atom is -0.317 e. The third kappa shape index (κ3) is 3.11. The molecule has 2 atom stereocenters. The summed E-state index contributed by atoms with van der Waals surface area (Å²) >= 11 is 6.05. The summed E-state index contributed by atoms with van der Waals surface area (Å²) in [4.78, 5) is 0. The molecule has 0 spiro atoms. The van der Waals surface area contributed by atoms with Crippen LogP contribution in [-0.4, -0.2) is 13.1 Å². The fourth-order valence-electron chi connectivity index (χ4n) is 3.51. The minimum atomic E-state index is 0. The van der Waals surface area contributed by atoms with Gasteiger partial charge in [0.25, 0.3) is 0 Å². The molecule has 1 saturated carbocycles. The third-order valence-electron chi connectivity index (χ3n) is 4.65. The zero-order chi connectivity index (χ0) is 14.0. The van der Waals surface area contributed by atoms with Gasteiger partial charge in [-0.25, -0.2) is 0 Å². The quantitative estimate of drug-likeness (QED) is 0.854. The van der Waals surface area contributed by atoms with Crippen LogP contribution in [0.4, 0.5) is 0 Å². The summed E-state index contributed by atoms with van der Waals surface area (Å²) in [6.07, 6.45) is 3.55. The van der Waals surface area contributed by atoms with Crippen LogP contribution in [0.1, 0.15) is 30.4 Å². The first kappa shape index (κ1) is 16.4. The molecule has 0 radical (unpaired) electrons. The molecule has 0 aliphatic heterocycles. The van der Waals surface area contributed by atoms with Crippen LogP contribution in [0.2, 0.25) is 5.02 Å². The van der Waals surface area contributed by atoms with E-state index in [9.17, 15) is 0 Å². The first-order chi connectivity index (χ1) is 9.74. The Kier molecular flexibility index (Phi) is 5.32. The van der Waals surface area contributed by atoms with Gasteiger partial charge < -0.3 is 5.32 Å². The zero-order valence-corrected chi connectivity index (χ0v) is 13.8. The molecule has 2 aromatic rings. The standard InChI is InChI=1S/C18H20ClN.ClH/c1-20-17-11-12-18(13-17,14-5-3-2-4-6-14)15-7-9-16(19)10-8-15;/h2-10,17,20H,11-13H2,1H3;1H. The van der Waals surface area contributed by atoms with E-state index in [0.717, 1.165) is 11.4 Å². The maximum absolute atomic E-state index is 6.05. The largest absolute Gasteiger partial charge is 0.317 e. The predicted octanol–water partition coefficient (Wildman–Crippen LogP) is 4.82. The topological polar surface area (TPSA) is 12.0 Å². The van der Waals surface area contributed by atoms with E-state index < -0.39 is 0 Å². The van der Waals surface area contributed by atoms with E-state index in [0.29, 0.717) is 6.04 Å². The summed E-state index contributed by atoms with van der Waals surface area (Å²) in [7, 11) is 2.06. The van der Waals surface area contributed by atoms with Crippen molar-refractivity contribution in [3.8, 4) is 0 Å². The molecule has 1 fully saturated rings. The van der Waals surface area contributed by atoms with Gasteiger partial charge in [-0.2, -0.15) is 0 Å². The molecule has 0 amide bonds. The van der Waals surface area contributed by atoms with E-state index in [-0.39, 0.29) is 17.8 Å². The molecular formula is C18H21Cl2N. The van der Waals surface area contributed by atoms with Crippen LogP contribution in [0.3, 0.4) is 0 Å². The molecule has 0 heterocycles. The highest BCUT2D eigenvalue weighted by molar-refractivity contribution is 6.30. The van der Waals surface area contributed by atoms with Crippen LogP contribution in [0.15, 0.2) is 54.6 Å². The highest BCUT2D eigenvalue weighted by Crippen LogP contribution is 2.46. The molecule has 21 heavy (non-hydrogen) atoms. The highest BCUT2D eigenvalue weighted by Gasteiger charge is 2.41. The van der Waals surface area contributed by atoms with Gasteiger partial charge >= 0.3 is 0 Å². The second kappa shape index (κ2) is 6.83. The predicted molar refractivity (Wildman–Crippen MR) is 92.6 cm³/mol. The van der Waals surface area contributed by atoms with Crippen molar-refractivity contribution in [1.82, 2.24) is 5.32 Å². The zero-order valence-electron chi connectivity index (χ0n) is 12.2. The first-order valence-electron chi connectivity index (χ1n) is 7.23. The van der Waals surface area contributed by atoms with Crippen molar-refractivity contribution in [2.24, 2.45) is 0 Å². The lowest BCUT2D eigenvalue weighted by molar-refractivity contribution is 0.501. The van der Waals surface area contributed by atoms with Crippen molar-refractivity contribution in [2.45, 2.75) is 30.7 Å². The molecule has 3 heteroatoms. The summed E-state index contributed by atoms with van der Waals surface area (Å²) in [5.74, 6) is 0. The van der Waals surface area contributed by atoms with Crippen LogP contribution in [0.5, 0.6) is 0 Å². The Morgan fingerprint density at radius 1 is 1.00 bits per heavy atom. The average molecular weight is 322 g/mol. The lowest BCUT2D eigenvalue weighted by atomic mass is 9.73. The number of nitrogens with one attached hydrogen (secondary N) is 1. The summed E-state index contributed by atoms with van der Waals surface area (Å²) in [6.45, 7) is 0. The van der Waals surface area contributed by atoms with Crippen molar-refractivity contribution in [1.29, 1.82) is 0 Å². The first-order valence-corrected chi connectivity index (χ1v) is 7.61. The SMILES string of the molecule is CNC1CCC(c2ccccc2)(c2ccc(Cl)cc2)C1.Cl. The van der Waals surface area contributed by atoms with E-state index in [1.807, 2.05) is 12.1 Å². The van der Waals surface area contributed by atoms with Crippen LogP contribution < -0.4 is 5.32 Å². The lowest BCUT2D eigenvalue weighted by Crippen LogP contribution is -2.29. The molecule has 0 saturated heterocycles. The molecule has 1 N–H and O–H groups in total. The van der Waals surface area contributed by atoms with Crippen LogP contribution >= 0.6 is 24.0 Å². The fourth-order valence-corrected chi connectivity index (χ4v) is 3.63. The number of halogens is 2. The van der Waals surface area contributed by atoms with Gasteiger partial charge in [0.1, 0.15) is 0 Å². The normalized spacial score (nSPS) is 24.6. The van der Waals surface area contributed by atoms with E-state index in [1.165, 1.54) is 24.0 Å². The van der Waals surface area contributed by atoms with Crippen LogP contribution in [0, 0.1) is 0 Å². The van der Waals surface area contributed by atoms with Crippen molar-refractivity contribution in [2.75, 3.05) is 7.05 Å². The number of rotatable bonds is 3. The number of hydrogen-bond donors (Lipinski definition) is 1. The number of benzene rings is 2. The second-order valence-electron chi connectivity index (χ2n) is 5.68. The maximum atomic E-state index is 6.05. The van der Waals surface area contributed by atoms with Crippen LogP contribution in [0.25, 0.3) is 0 Å². The summed E-state index contributed by atoms with van der Waals surface area (Å²) in [5, 5.41) is 4.25. The van der Waals surface area contributed by atoms with Crippen LogP contribution in [-0.2, 0) is 5.41 Å². The summed E-state index contributed by atoms with van der Waals surface area (Å²) in [6, 6.07) is 19.9. The van der Waals surface area contributed by atoms with E-state index in [1.54, 1.807) is 0 Å². The van der Waals surface area contributed by atoms with Gasteiger partial charge in [0.15, 0.2) is 0 Å². The van der Waals surface area contributed by atoms with E-state index in [2.05, 4.69) is 54.8 Å². The molecule has 2 aromatic carbocycles. The lowest BCUT2D eigenvalue weighted by Gasteiger charge is -2.31. The molecule has 0 aromatic heterocycles. The molecular weight excluding hydrogens is 301 g/mol. The molecule has 1 aliphatic carbocycles. The molecule has 2 unspecified atom stereocenters. The number of hydrogen-bond acceptors (Lipinski definition) is 1. The van der Waals surface area contributed by atoms with Gasteiger partial charge in [0.05, 0.1) is 0 Å². The third-order valence-corrected chi connectivity index (χ3v) is 4.90. The molecule has 3 rings (SSSR count). The van der Waals surface area contributed by atoms with Crippen molar-refractivity contribution < 1.29 is 0 Å².